The van der Waals surface area contributed by atoms with Crippen LogP contribution in [0.15, 0.2) is 54.9 Å². The molecule has 8 heteroatoms. The molecule has 2 saturated heterocycles. The van der Waals surface area contributed by atoms with Gasteiger partial charge in [0.25, 0.3) is 0 Å². The zero-order chi connectivity index (χ0) is 20.0. The molecule has 2 aliphatic rings. The Bertz CT molecular complexity index is 1050. The number of alkyl halides is 2. The highest BCUT2D eigenvalue weighted by Gasteiger charge is 2.44. The van der Waals surface area contributed by atoms with E-state index in [0.29, 0.717) is 28.9 Å². The number of imidazole rings is 1. The van der Waals surface area contributed by atoms with E-state index in [1.165, 1.54) is 6.20 Å². The molecule has 2 bridgehead atoms. The molecule has 0 aliphatic carbocycles. The first-order valence-corrected chi connectivity index (χ1v) is 9.47. The number of benzene rings is 1. The summed E-state index contributed by atoms with van der Waals surface area (Å²) in [5, 5.41) is 13.4. The summed E-state index contributed by atoms with van der Waals surface area (Å²) in [5.41, 5.74) is 2.89. The highest BCUT2D eigenvalue weighted by molar-refractivity contribution is 5.68. The van der Waals surface area contributed by atoms with Gasteiger partial charge in [-0.2, -0.15) is 0 Å². The summed E-state index contributed by atoms with van der Waals surface area (Å²) >= 11 is 0. The lowest BCUT2D eigenvalue weighted by molar-refractivity contribution is 0.265. The molecule has 3 aromatic rings. The number of rotatable bonds is 3. The minimum atomic E-state index is -1.21. The second kappa shape index (κ2) is 7.04. The number of aromatic nitrogens is 4. The van der Waals surface area contributed by atoms with Crippen molar-refractivity contribution in [2.45, 2.75) is 37.3 Å². The zero-order valence-corrected chi connectivity index (χ0v) is 15.4. The Morgan fingerprint density at radius 3 is 2.79 bits per heavy atom. The van der Waals surface area contributed by atoms with E-state index in [1.54, 1.807) is 47.7 Å². The molecule has 0 radical (unpaired) electrons. The summed E-state index contributed by atoms with van der Waals surface area (Å²) < 4.78 is 30.2. The molecular formula is C21H19F2N5O. The molecule has 148 valence electrons. The van der Waals surface area contributed by atoms with Crippen LogP contribution in [-0.4, -0.2) is 49.1 Å². The van der Waals surface area contributed by atoms with Crippen LogP contribution in [-0.2, 0) is 0 Å². The normalized spacial score (nSPS) is 27.4. The van der Waals surface area contributed by atoms with Gasteiger partial charge in [-0.05, 0) is 36.6 Å². The number of hydrogen-bond donors (Lipinski definition) is 2. The fourth-order valence-corrected chi connectivity index (χ4v) is 4.06. The number of nitrogens with zero attached hydrogens (tertiary/aromatic N) is 4. The van der Waals surface area contributed by atoms with Crippen LogP contribution in [0.5, 0.6) is 5.75 Å². The number of hydrogen-bond acceptors (Lipinski definition) is 5. The van der Waals surface area contributed by atoms with E-state index in [1.807, 2.05) is 6.07 Å². The van der Waals surface area contributed by atoms with Crippen molar-refractivity contribution >= 4 is 6.08 Å². The minimum Gasteiger partial charge on any atom is -0.507 e. The first-order chi connectivity index (χ1) is 14.1. The molecule has 0 unspecified atom stereocenters. The van der Waals surface area contributed by atoms with Crippen molar-refractivity contribution < 1.29 is 13.9 Å². The van der Waals surface area contributed by atoms with Crippen LogP contribution in [0.2, 0.25) is 0 Å². The molecule has 2 N–H and O–H groups in total. The van der Waals surface area contributed by atoms with Crippen LogP contribution in [0.4, 0.5) is 8.78 Å². The Kier molecular flexibility index (Phi) is 4.35. The van der Waals surface area contributed by atoms with Gasteiger partial charge >= 0.3 is 0 Å². The molecule has 0 amide bonds. The van der Waals surface area contributed by atoms with E-state index in [0.717, 1.165) is 5.69 Å². The van der Waals surface area contributed by atoms with E-state index in [9.17, 15) is 13.9 Å². The van der Waals surface area contributed by atoms with E-state index in [4.69, 9.17) is 0 Å². The molecule has 2 aromatic heterocycles. The largest absolute Gasteiger partial charge is 0.507 e. The molecule has 0 spiro atoms. The SMILES string of the molecule is Oc1cc(-n2ccnc2)ccc1-c1cnc(/C=C2\C[C@@H]3N[C@@H](C[C@@H]3F)[C@H]2F)cn1. The van der Waals surface area contributed by atoms with E-state index < -0.39 is 18.4 Å². The monoisotopic (exact) mass is 395 g/mol. The van der Waals surface area contributed by atoms with Crippen molar-refractivity contribution in [1.82, 2.24) is 24.8 Å². The first-order valence-electron chi connectivity index (χ1n) is 9.47. The predicted molar refractivity (Wildman–Crippen MR) is 104 cm³/mol. The summed E-state index contributed by atoms with van der Waals surface area (Å²) in [6.45, 7) is 0. The van der Waals surface area contributed by atoms with Crippen molar-refractivity contribution in [3.8, 4) is 22.7 Å². The standard InChI is InChI=1S/C21H19F2N5O/c22-16-8-18-21(23)12(6-17(16)27-18)5-13-9-26-19(10-25-13)15-2-1-14(7-20(15)29)28-4-3-24-11-28/h1-5,7,9-11,16-18,21,27,29H,6,8H2/b12-5+/t16-,17-,18-,21-/m0/s1. The Morgan fingerprint density at radius 1 is 1.17 bits per heavy atom. The van der Waals surface area contributed by atoms with Gasteiger partial charge in [-0.25, -0.2) is 13.8 Å². The molecule has 4 heterocycles. The van der Waals surface area contributed by atoms with Gasteiger partial charge in [0.1, 0.15) is 18.1 Å². The summed E-state index contributed by atoms with van der Waals surface area (Å²) in [5.74, 6) is 0.0735. The van der Waals surface area contributed by atoms with Gasteiger partial charge in [-0.15, -0.1) is 0 Å². The highest BCUT2D eigenvalue weighted by atomic mass is 19.1. The first kappa shape index (κ1) is 17.9. The molecule has 4 atom stereocenters. The number of phenolic OH excluding ortho intramolecular Hbond substituents is 1. The van der Waals surface area contributed by atoms with Crippen LogP contribution >= 0.6 is 0 Å². The maximum atomic E-state index is 14.6. The van der Waals surface area contributed by atoms with Gasteiger partial charge in [0.05, 0.1) is 35.8 Å². The molecule has 0 saturated carbocycles. The highest BCUT2D eigenvalue weighted by Crippen LogP contribution is 2.35. The van der Waals surface area contributed by atoms with Crippen LogP contribution < -0.4 is 5.32 Å². The number of aromatic hydroxyl groups is 1. The smallest absolute Gasteiger partial charge is 0.137 e. The Balaban J connectivity index is 1.38. The average molecular weight is 395 g/mol. The minimum absolute atomic E-state index is 0.0735. The van der Waals surface area contributed by atoms with Crippen molar-refractivity contribution in [1.29, 1.82) is 0 Å². The molecule has 2 aliphatic heterocycles. The third-order valence-corrected chi connectivity index (χ3v) is 5.57. The van der Waals surface area contributed by atoms with E-state index in [-0.39, 0.29) is 18.2 Å². The summed E-state index contributed by atoms with van der Waals surface area (Å²) in [6.07, 6.45) is 8.14. The Hall–Kier alpha value is -3.13. The summed E-state index contributed by atoms with van der Waals surface area (Å²) in [7, 11) is 0. The maximum absolute atomic E-state index is 14.6. The van der Waals surface area contributed by atoms with Crippen molar-refractivity contribution in [2.24, 2.45) is 0 Å². The fourth-order valence-electron chi connectivity index (χ4n) is 4.06. The lowest BCUT2D eigenvalue weighted by Gasteiger charge is -2.27. The van der Waals surface area contributed by atoms with Gasteiger partial charge < -0.3 is 15.0 Å². The molecule has 1 aromatic carbocycles. The van der Waals surface area contributed by atoms with Gasteiger partial charge in [0, 0.05) is 36.1 Å². The van der Waals surface area contributed by atoms with Crippen molar-refractivity contribution in [2.75, 3.05) is 0 Å². The van der Waals surface area contributed by atoms with Gasteiger partial charge in [0.2, 0.25) is 0 Å². The van der Waals surface area contributed by atoms with Crippen LogP contribution in [0, 0.1) is 0 Å². The van der Waals surface area contributed by atoms with Crippen molar-refractivity contribution in [3.63, 3.8) is 0 Å². The Morgan fingerprint density at radius 2 is 2.07 bits per heavy atom. The fraction of sp³-hybridized carbons (Fsp3) is 0.286. The molecule has 5 rings (SSSR count). The van der Waals surface area contributed by atoms with Gasteiger partial charge in [-0.1, -0.05) is 0 Å². The molecule has 2 fully saturated rings. The maximum Gasteiger partial charge on any atom is 0.137 e. The third kappa shape index (κ3) is 3.29. The summed E-state index contributed by atoms with van der Waals surface area (Å²) in [4.78, 5) is 12.7. The van der Waals surface area contributed by atoms with E-state index >= 15 is 0 Å². The zero-order valence-electron chi connectivity index (χ0n) is 15.4. The van der Waals surface area contributed by atoms with Crippen LogP contribution in [0.3, 0.4) is 0 Å². The van der Waals surface area contributed by atoms with Gasteiger partial charge in [-0.3, -0.25) is 9.97 Å². The summed E-state index contributed by atoms with van der Waals surface area (Å²) in [6, 6.07) is 4.45. The number of piperidine rings is 1. The third-order valence-electron chi connectivity index (χ3n) is 5.57. The van der Waals surface area contributed by atoms with E-state index in [2.05, 4.69) is 20.3 Å². The lowest BCUT2D eigenvalue weighted by atomic mass is 9.96. The predicted octanol–water partition coefficient (Wildman–Crippen LogP) is 3.23. The van der Waals surface area contributed by atoms with Crippen LogP contribution in [0.1, 0.15) is 18.5 Å². The quantitative estimate of drug-likeness (QED) is 0.712. The van der Waals surface area contributed by atoms with Crippen LogP contribution in [0.25, 0.3) is 23.0 Å². The number of fused-ring (bicyclic) bond motifs is 2. The Labute approximate surface area is 166 Å². The van der Waals surface area contributed by atoms with Crippen molar-refractivity contribution in [3.05, 3.63) is 60.6 Å². The second-order valence-electron chi connectivity index (χ2n) is 7.45. The van der Waals surface area contributed by atoms with Gasteiger partial charge in [0.15, 0.2) is 0 Å². The molecule has 29 heavy (non-hydrogen) atoms. The lowest BCUT2D eigenvalue weighted by Crippen LogP contribution is -2.43. The molecule has 6 nitrogen and oxygen atoms in total. The second-order valence-corrected chi connectivity index (χ2v) is 7.45. The molecular weight excluding hydrogens is 376 g/mol. The average Bonchev–Trinajstić information content (AvgIpc) is 3.36. The topological polar surface area (TPSA) is 75.9 Å². The number of nitrogens with one attached hydrogen (secondary N) is 1. The number of halogens is 2. The number of phenols is 1.